The molecule has 2 aromatic carbocycles. The average molecular weight is 515 g/mol. The van der Waals surface area contributed by atoms with Crippen LogP contribution in [-0.2, 0) is 0 Å². The van der Waals surface area contributed by atoms with Crippen LogP contribution >= 0.6 is 0 Å². The maximum atomic E-state index is 5.24. The van der Waals surface area contributed by atoms with E-state index in [1.807, 2.05) is 12.3 Å². The van der Waals surface area contributed by atoms with Crippen LogP contribution < -0.4 is 10.6 Å². The highest BCUT2D eigenvalue weighted by Crippen LogP contribution is 2.37. The van der Waals surface area contributed by atoms with Crippen LogP contribution in [0.1, 0.15) is 51.4 Å². The Labute approximate surface area is 229 Å². The van der Waals surface area contributed by atoms with E-state index in [2.05, 4.69) is 92.9 Å². The van der Waals surface area contributed by atoms with Gasteiger partial charge < -0.3 is 10.6 Å². The van der Waals surface area contributed by atoms with E-state index < -0.39 is 0 Å². The summed E-state index contributed by atoms with van der Waals surface area (Å²) < 4.78 is 2.07. The molecule has 0 amide bonds. The Morgan fingerprint density at radius 1 is 0.667 bits per heavy atom. The smallest absolute Gasteiger partial charge is 0.223 e. The largest absolute Gasteiger partial charge is 0.367 e. The first-order valence-corrected chi connectivity index (χ1v) is 14.4. The predicted molar refractivity (Wildman–Crippen MR) is 159 cm³/mol. The van der Waals surface area contributed by atoms with E-state index in [-0.39, 0.29) is 0 Å². The zero-order valence-corrected chi connectivity index (χ0v) is 22.2. The minimum atomic E-state index is 0.452. The standard InChI is InChI=1S/C33H34N6/c1-2-10-23(11-3-1)24-12-8-13-25(22-24)32-31(28-20-21-34-33(37-28)36-27-16-6-7-17-27)29-18-9-19-30(39(29)38-32)35-26-14-4-5-15-26/h1-3,8-13,18-22,26-27,35H,4-7,14-17H2,(H,34,36,37). The summed E-state index contributed by atoms with van der Waals surface area (Å²) in [5.74, 6) is 1.73. The lowest BCUT2D eigenvalue weighted by molar-refractivity contribution is 0.742. The molecule has 2 saturated carbocycles. The number of hydrogen-bond acceptors (Lipinski definition) is 5. The molecule has 0 spiro atoms. The molecule has 5 aromatic rings. The van der Waals surface area contributed by atoms with Gasteiger partial charge in [-0.05, 0) is 61.1 Å². The molecule has 2 aliphatic carbocycles. The lowest BCUT2D eigenvalue weighted by atomic mass is 9.99. The monoisotopic (exact) mass is 514 g/mol. The number of fused-ring (bicyclic) bond motifs is 1. The summed E-state index contributed by atoms with van der Waals surface area (Å²) in [5, 5.41) is 12.6. The Kier molecular flexibility index (Phi) is 6.45. The molecular formula is C33H34N6. The Bertz CT molecular complexity index is 1580. The number of anilines is 2. The number of hydrogen-bond donors (Lipinski definition) is 2. The van der Waals surface area contributed by atoms with Gasteiger partial charge in [0.05, 0.1) is 16.8 Å². The molecule has 196 valence electrons. The second-order valence-corrected chi connectivity index (χ2v) is 10.9. The van der Waals surface area contributed by atoms with E-state index in [9.17, 15) is 0 Å². The van der Waals surface area contributed by atoms with Gasteiger partial charge in [0.1, 0.15) is 11.5 Å². The van der Waals surface area contributed by atoms with Crippen molar-refractivity contribution in [2.45, 2.75) is 63.5 Å². The van der Waals surface area contributed by atoms with Crippen molar-refractivity contribution in [1.29, 1.82) is 0 Å². The van der Waals surface area contributed by atoms with Gasteiger partial charge in [-0.2, -0.15) is 5.10 Å². The second-order valence-electron chi connectivity index (χ2n) is 10.9. The highest BCUT2D eigenvalue weighted by Gasteiger charge is 2.23. The van der Waals surface area contributed by atoms with Gasteiger partial charge in [-0.25, -0.2) is 14.5 Å². The molecule has 0 unspecified atom stereocenters. The number of nitrogens with zero attached hydrogens (tertiary/aromatic N) is 4. The molecule has 0 bridgehead atoms. The van der Waals surface area contributed by atoms with Gasteiger partial charge >= 0.3 is 0 Å². The normalized spacial score (nSPS) is 16.2. The lowest BCUT2D eigenvalue weighted by Crippen LogP contribution is -2.17. The van der Waals surface area contributed by atoms with Crippen molar-refractivity contribution in [3.05, 3.63) is 85.1 Å². The van der Waals surface area contributed by atoms with E-state index in [0.29, 0.717) is 18.0 Å². The highest BCUT2D eigenvalue weighted by atomic mass is 15.3. The van der Waals surface area contributed by atoms with Crippen molar-refractivity contribution in [2.75, 3.05) is 10.6 Å². The Morgan fingerprint density at radius 2 is 1.36 bits per heavy atom. The third kappa shape index (κ3) is 4.87. The highest BCUT2D eigenvalue weighted by molar-refractivity contribution is 5.92. The van der Waals surface area contributed by atoms with Gasteiger partial charge in [-0.15, -0.1) is 0 Å². The number of aromatic nitrogens is 4. The SMILES string of the molecule is c1ccc(-c2cccc(-c3nn4c(NC5CCCC5)cccc4c3-c3ccnc(NC4CCCC4)n3)c2)cc1. The molecule has 0 saturated heterocycles. The van der Waals surface area contributed by atoms with Crippen molar-refractivity contribution in [1.82, 2.24) is 19.6 Å². The zero-order valence-electron chi connectivity index (χ0n) is 22.2. The number of nitrogens with one attached hydrogen (secondary N) is 2. The Morgan fingerprint density at radius 3 is 2.15 bits per heavy atom. The fourth-order valence-corrected chi connectivity index (χ4v) is 6.21. The van der Waals surface area contributed by atoms with Gasteiger partial charge in [0.15, 0.2) is 0 Å². The number of rotatable bonds is 7. The lowest BCUT2D eigenvalue weighted by Gasteiger charge is -2.14. The minimum Gasteiger partial charge on any atom is -0.367 e. The summed E-state index contributed by atoms with van der Waals surface area (Å²) in [6, 6.07) is 28.6. The van der Waals surface area contributed by atoms with Gasteiger partial charge in [0.25, 0.3) is 0 Å². The van der Waals surface area contributed by atoms with Gasteiger partial charge in [-0.3, -0.25) is 0 Å². The third-order valence-electron chi connectivity index (χ3n) is 8.21. The molecule has 39 heavy (non-hydrogen) atoms. The fourth-order valence-electron chi connectivity index (χ4n) is 6.21. The maximum absolute atomic E-state index is 5.24. The number of benzene rings is 2. The molecule has 6 heteroatoms. The van der Waals surface area contributed by atoms with Crippen molar-refractivity contribution < 1.29 is 0 Å². The van der Waals surface area contributed by atoms with Crippen LogP contribution in [0.5, 0.6) is 0 Å². The van der Waals surface area contributed by atoms with Crippen LogP contribution in [-0.4, -0.2) is 31.7 Å². The Hall–Kier alpha value is -4.19. The summed E-state index contributed by atoms with van der Waals surface area (Å²) in [6.07, 6.45) is 11.7. The van der Waals surface area contributed by atoms with E-state index in [1.165, 1.54) is 62.5 Å². The van der Waals surface area contributed by atoms with E-state index in [0.717, 1.165) is 33.8 Å². The van der Waals surface area contributed by atoms with Crippen LogP contribution in [0.4, 0.5) is 11.8 Å². The first-order valence-electron chi connectivity index (χ1n) is 14.4. The molecule has 0 aliphatic heterocycles. The van der Waals surface area contributed by atoms with Crippen molar-refractivity contribution >= 4 is 17.3 Å². The molecular weight excluding hydrogens is 480 g/mol. The molecule has 6 nitrogen and oxygen atoms in total. The molecule has 0 atom stereocenters. The zero-order chi connectivity index (χ0) is 26.0. The third-order valence-corrected chi connectivity index (χ3v) is 8.21. The van der Waals surface area contributed by atoms with Crippen molar-refractivity contribution in [3.8, 4) is 33.6 Å². The molecule has 0 radical (unpaired) electrons. The number of pyridine rings is 1. The molecule has 2 fully saturated rings. The van der Waals surface area contributed by atoms with Gasteiger partial charge in [0.2, 0.25) is 5.95 Å². The first-order chi connectivity index (χ1) is 19.3. The van der Waals surface area contributed by atoms with Crippen LogP contribution in [0, 0.1) is 0 Å². The first kappa shape index (κ1) is 23.9. The quantitative estimate of drug-likeness (QED) is 0.232. The molecule has 3 heterocycles. The van der Waals surface area contributed by atoms with Crippen LogP contribution in [0.3, 0.4) is 0 Å². The van der Waals surface area contributed by atoms with E-state index in [4.69, 9.17) is 10.1 Å². The van der Waals surface area contributed by atoms with Crippen LogP contribution in [0.15, 0.2) is 85.1 Å². The molecule has 2 N–H and O–H groups in total. The predicted octanol–water partition coefficient (Wildman–Crippen LogP) is 7.83. The average Bonchev–Trinajstić information content (AvgIpc) is 3.76. The van der Waals surface area contributed by atoms with Gasteiger partial charge in [0, 0.05) is 23.8 Å². The molecule has 2 aliphatic rings. The maximum Gasteiger partial charge on any atom is 0.223 e. The van der Waals surface area contributed by atoms with Crippen LogP contribution in [0.2, 0.25) is 0 Å². The van der Waals surface area contributed by atoms with E-state index in [1.54, 1.807) is 0 Å². The van der Waals surface area contributed by atoms with E-state index >= 15 is 0 Å². The van der Waals surface area contributed by atoms with Crippen molar-refractivity contribution in [2.24, 2.45) is 0 Å². The van der Waals surface area contributed by atoms with Gasteiger partial charge in [-0.1, -0.05) is 80.3 Å². The summed E-state index contributed by atoms with van der Waals surface area (Å²) in [6.45, 7) is 0. The summed E-state index contributed by atoms with van der Waals surface area (Å²) in [4.78, 5) is 9.61. The fraction of sp³-hybridized carbons (Fsp3) is 0.303. The minimum absolute atomic E-state index is 0.452. The Balaban J connectivity index is 1.37. The summed E-state index contributed by atoms with van der Waals surface area (Å²) >= 11 is 0. The second kappa shape index (κ2) is 10.5. The summed E-state index contributed by atoms with van der Waals surface area (Å²) in [7, 11) is 0. The van der Waals surface area contributed by atoms with Crippen molar-refractivity contribution in [3.63, 3.8) is 0 Å². The molecule has 7 rings (SSSR count). The molecule has 3 aromatic heterocycles. The van der Waals surface area contributed by atoms with Crippen LogP contribution in [0.25, 0.3) is 39.2 Å². The topological polar surface area (TPSA) is 67.1 Å². The summed E-state index contributed by atoms with van der Waals surface area (Å²) in [5.41, 5.74) is 7.34.